The van der Waals surface area contributed by atoms with Crippen LogP contribution in [-0.2, 0) is 0 Å². The molecule has 1 aliphatic heterocycles. The van der Waals surface area contributed by atoms with Gasteiger partial charge in [-0.05, 0) is 12.8 Å². The van der Waals surface area contributed by atoms with Gasteiger partial charge in [-0.1, -0.05) is 12.8 Å². The molecule has 11 heavy (non-hydrogen) atoms. The molecule has 1 spiro atoms. The molecule has 0 aromatic rings. The summed E-state index contributed by atoms with van der Waals surface area (Å²) in [7, 11) is 0. The minimum Gasteiger partial charge on any atom is -0.391 e. The lowest BCUT2D eigenvalue weighted by Gasteiger charge is -2.25. The van der Waals surface area contributed by atoms with Gasteiger partial charge in [0.1, 0.15) is 0 Å². The Morgan fingerprint density at radius 1 is 1.27 bits per heavy atom. The van der Waals surface area contributed by atoms with Crippen LogP contribution >= 0.6 is 12.4 Å². The van der Waals surface area contributed by atoms with E-state index in [-0.39, 0.29) is 18.5 Å². The van der Waals surface area contributed by atoms with Crippen molar-refractivity contribution in [2.24, 2.45) is 5.41 Å². The Kier molecular flexibility index (Phi) is 2.79. The molecule has 66 valence electrons. The van der Waals surface area contributed by atoms with Gasteiger partial charge >= 0.3 is 0 Å². The van der Waals surface area contributed by atoms with Gasteiger partial charge in [-0.3, -0.25) is 0 Å². The lowest BCUT2D eigenvalue weighted by Crippen LogP contribution is -2.30. The summed E-state index contributed by atoms with van der Waals surface area (Å²) in [6.07, 6.45) is 5.05. The number of halogens is 1. The Balaban J connectivity index is 0.000000605. The molecular weight excluding hydrogens is 162 g/mol. The lowest BCUT2D eigenvalue weighted by atomic mass is 9.83. The zero-order valence-electron chi connectivity index (χ0n) is 6.68. The number of rotatable bonds is 0. The van der Waals surface area contributed by atoms with Crippen molar-refractivity contribution in [3.63, 3.8) is 0 Å². The van der Waals surface area contributed by atoms with Crippen molar-refractivity contribution in [3.8, 4) is 0 Å². The summed E-state index contributed by atoms with van der Waals surface area (Å²) in [4.78, 5) is 0. The van der Waals surface area contributed by atoms with E-state index in [0.717, 1.165) is 13.1 Å². The van der Waals surface area contributed by atoms with E-state index in [2.05, 4.69) is 5.32 Å². The highest BCUT2D eigenvalue weighted by Crippen LogP contribution is 2.42. The summed E-state index contributed by atoms with van der Waals surface area (Å²) in [6, 6.07) is 0. The molecule has 0 amide bonds. The normalized spacial score (nSPS) is 34.1. The average molecular weight is 178 g/mol. The summed E-state index contributed by atoms with van der Waals surface area (Å²) in [5.41, 5.74) is 0.292. The smallest absolute Gasteiger partial charge is 0.0732 e. The molecule has 1 unspecified atom stereocenters. The average Bonchev–Trinajstić information content (AvgIpc) is 2.48. The minimum atomic E-state index is -0.0602. The standard InChI is InChI=1S/C8H15NO.ClH/c10-7-5-9-6-8(7)3-1-2-4-8;/h7,9-10H,1-6H2;1H. The highest BCUT2D eigenvalue weighted by atomic mass is 35.5. The van der Waals surface area contributed by atoms with E-state index in [9.17, 15) is 5.11 Å². The van der Waals surface area contributed by atoms with E-state index in [1.807, 2.05) is 0 Å². The molecule has 0 radical (unpaired) electrons. The topological polar surface area (TPSA) is 32.3 Å². The molecule has 3 heteroatoms. The van der Waals surface area contributed by atoms with E-state index in [1.165, 1.54) is 25.7 Å². The molecular formula is C8H16ClNO. The summed E-state index contributed by atoms with van der Waals surface area (Å²) in [5, 5.41) is 12.9. The maximum absolute atomic E-state index is 9.62. The van der Waals surface area contributed by atoms with E-state index in [0.29, 0.717) is 5.41 Å². The zero-order valence-corrected chi connectivity index (χ0v) is 7.49. The van der Waals surface area contributed by atoms with Gasteiger partial charge in [0, 0.05) is 18.5 Å². The first-order valence-corrected chi connectivity index (χ1v) is 4.22. The Morgan fingerprint density at radius 3 is 2.36 bits per heavy atom. The molecule has 2 fully saturated rings. The molecule has 2 aliphatic rings. The van der Waals surface area contributed by atoms with E-state index in [4.69, 9.17) is 0 Å². The van der Waals surface area contributed by atoms with Crippen LogP contribution in [0.4, 0.5) is 0 Å². The third kappa shape index (κ3) is 1.40. The van der Waals surface area contributed by atoms with Crippen molar-refractivity contribution in [1.29, 1.82) is 0 Å². The quantitative estimate of drug-likeness (QED) is 0.577. The van der Waals surface area contributed by atoms with Crippen molar-refractivity contribution in [3.05, 3.63) is 0 Å². The predicted molar refractivity (Wildman–Crippen MR) is 47.0 cm³/mol. The van der Waals surface area contributed by atoms with Gasteiger partial charge < -0.3 is 10.4 Å². The van der Waals surface area contributed by atoms with Crippen molar-refractivity contribution < 1.29 is 5.11 Å². The first-order chi connectivity index (χ1) is 4.83. The Hall–Kier alpha value is 0.210. The Morgan fingerprint density at radius 2 is 1.91 bits per heavy atom. The Labute approximate surface area is 73.8 Å². The summed E-state index contributed by atoms with van der Waals surface area (Å²) >= 11 is 0. The number of hydrogen-bond acceptors (Lipinski definition) is 2. The highest BCUT2D eigenvalue weighted by Gasteiger charge is 2.43. The van der Waals surface area contributed by atoms with E-state index < -0.39 is 0 Å². The van der Waals surface area contributed by atoms with Crippen LogP contribution in [-0.4, -0.2) is 24.3 Å². The molecule has 1 atom stereocenters. The maximum atomic E-state index is 9.62. The fraction of sp³-hybridized carbons (Fsp3) is 1.00. The van der Waals surface area contributed by atoms with Crippen LogP contribution < -0.4 is 5.32 Å². The number of nitrogens with one attached hydrogen (secondary N) is 1. The molecule has 1 saturated heterocycles. The molecule has 0 bridgehead atoms. The van der Waals surface area contributed by atoms with Gasteiger partial charge in [0.15, 0.2) is 0 Å². The van der Waals surface area contributed by atoms with Crippen molar-refractivity contribution >= 4 is 12.4 Å². The lowest BCUT2D eigenvalue weighted by molar-refractivity contribution is 0.0743. The summed E-state index contributed by atoms with van der Waals surface area (Å²) in [5.74, 6) is 0. The fourth-order valence-corrected chi connectivity index (χ4v) is 2.38. The number of β-amino-alcohol motifs (C(OH)–C–C–N with tert-alkyl or cyclic N) is 1. The van der Waals surface area contributed by atoms with Crippen molar-refractivity contribution in [2.45, 2.75) is 31.8 Å². The first-order valence-electron chi connectivity index (χ1n) is 4.22. The second kappa shape index (κ2) is 3.30. The molecule has 0 aromatic carbocycles. The highest BCUT2D eigenvalue weighted by molar-refractivity contribution is 5.85. The predicted octanol–water partition coefficient (Wildman–Crippen LogP) is 0.933. The minimum absolute atomic E-state index is 0. The monoisotopic (exact) mass is 177 g/mol. The van der Waals surface area contributed by atoms with Crippen LogP contribution in [0, 0.1) is 5.41 Å². The van der Waals surface area contributed by atoms with Crippen LogP contribution in [0.1, 0.15) is 25.7 Å². The molecule has 2 nitrogen and oxygen atoms in total. The van der Waals surface area contributed by atoms with Gasteiger partial charge in [-0.25, -0.2) is 0 Å². The summed E-state index contributed by atoms with van der Waals surface area (Å²) in [6.45, 7) is 1.87. The Bertz CT molecular complexity index is 129. The van der Waals surface area contributed by atoms with Gasteiger partial charge in [0.25, 0.3) is 0 Å². The van der Waals surface area contributed by atoms with Crippen LogP contribution in [0.5, 0.6) is 0 Å². The number of aliphatic hydroxyl groups is 1. The molecule has 1 aliphatic carbocycles. The van der Waals surface area contributed by atoms with Crippen LogP contribution in [0.2, 0.25) is 0 Å². The van der Waals surface area contributed by atoms with Gasteiger partial charge in [-0.2, -0.15) is 0 Å². The third-order valence-corrected chi connectivity index (χ3v) is 3.12. The number of aliphatic hydroxyl groups excluding tert-OH is 1. The second-order valence-electron chi connectivity index (χ2n) is 3.72. The molecule has 1 heterocycles. The van der Waals surface area contributed by atoms with Crippen LogP contribution in [0.25, 0.3) is 0 Å². The first kappa shape index (κ1) is 9.30. The third-order valence-electron chi connectivity index (χ3n) is 3.12. The molecule has 2 N–H and O–H groups in total. The van der Waals surface area contributed by atoms with Gasteiger partial charge in [0.05, 0.1) is 6.10 Å². The van der Waals surface area contributed by atoms with E-state index in [1.54, 1.807) is 0 Å². The fourth-order valence-electron chi connectivity index (χ4n) is 2.38. The van der Waals surface area contributed by atoms with Crippen molar-refractivity contribution in [1.82, 2.24) is 5.32 Å². The second-order valence-corrected chi connectivity index (χ2v) is 3.72. The van der Waals surface area contributed by atoms with Crippen molar-refractivity contribution in [2.75, 3.05) is 13.1 Å². The SMILES string of the molecule is Cl.OC1CNCC12CCCC2. The summed E-state index contributed by atoms with van der Waals surface area (Å²) < 4.78 is 0. The zero-order chi connectivity index (χ0) is 7.03. The van der Waals surface area contributed by atoms with E-state index >= 15 is 0 Å². The van der Waals surface area contributed by atoms with Gasteiger partial charge in [0.2, 0.25) is 0 Å². The molecule has 0 aromatic heterocycles. The molecule has 1 saturated carbocycles. The largest absolute Gasteiger partial charge is 0.391 e. The van der Waals surface area contributed by atoms with Gasteiger partial charge in [-0.15, -0.1) is 12.4 Å². The molecule has 2 rings (SSSR count). The van der Waals surface area contributed by atoms with Crippen LogP contribution in [0.3, 0.4) is 0 Å². The number of hydrogen-bond donors (Lipinski definition) is 2. The van der Waals surface area contributed by atoms with Crippen LogP contribution in [0.15, 0.2) is 0 Å². The maximum Gasteiger partial charge on any atom is 0.0732 e.